The Bertz CT molecular complexity index is 915. The molecule has 0 bridgehead atoms. The largest absolute Gasteiger partial charge is 0.465 e. The number of esters is 3. The molecule has 0 aromatic heterocycles. The minimum atomic E-state index is -0.378. The van der Waals surface area contributed by atoms with Crippen LogP contribution in [0.15, 0.2) is 0 Å². The van der Waals surface area contributed by atoms with Gasteiger partial charge in [0.1, 0.15) is 0 Å². The lowest BCUT2D eigenvalue weighted by molar-refractivity contribution is -0.154. The first-order valence-corrected chi connectivity index (χ1v) is 19.9. The Morgan fingerprint density at radius 2 is 0.818 bits per heavy atom. The number of aliphatic hydroxyl groups excluding tert-OH is 5. The topological polar surface area (TPSA) is 180 Å². The highest BCUT2D eigenvalue weighted by atomic mass is 16.5. The van der Waals surface area contributed by atoms with Crippen LogP contribution < -0.4 is 0 Å². The number of carbonyl (C=O) groups is 3. The van der Waals surface area contributed by atoms with Crippen molar-refractivity contribution in [2.45, 2.75) is 144 Å². The first-order valence-electron chi connectivity index (χ1n) is 19.9. The molecule has 0 rings (SSSR count). The van der Waals surface area contributed by atoms with Crippen LogP contribution in [0.25, 0.3) is 0 Å². The Kier molecular flexibility index (Phi) is 37.7. The van der Waals surface area contributed by atoms with Crippen LogP contribution in [0.5, 0.6) is 0 Å². The van der Waals surface area contributed by atoms with E-state index in [4.69, 9.17) is 39.7 Å². The molecule has 55 heavy (non-hydrogen) atoms. The van der Waals surface area contributed by atoms with Crippen molar-refractivity contribution in [3.63, 3.8) is 0 Å². The third kappa shape index (κ3) is 31.9. The smallest absolute Gasteiger partial charge is 0.309 e. The molecule has 0 saturated heterocycles. The van der Waals surface area contributed by atoms with E-state index in [1.165, 1.54) is 0 Å². The van der Waals surface area contributed by atoms with Gasteiger partial charge in [0.05, 0.1) is 64.0 Å². The van der Waals surface area contributed by atoms with Gasteiger partial charge < -0.3 is 39.7 Å². The molecule has 0 aliphatic carbocycles. The molecule has 0 aromatic carbocycles. The maximum absolute atomic E-state index is 12.1. The van der Waals surface area contributed by atoms with E-state index in [1.807, 2.05) is 62.3 Å². The Labute approximate surface area is 338 Å². The van der Waals surface area contributed by atoms with Gasteiger partial charge in [-0.15, -0.1) is 0 Å². The highest BCUT2D eigenvalue weighted by Crippen LogP contribution is 2.30. The van der Waals surface area contributed by atoms with Gasteiger partial charge in [0.25, 0.3) is 0 Å². The lowest BCUT2D eigenvalue weighted by Crippen LogP contribution is -2.30. The van der Waals surface area contributed by atoms with Gasteiger partial charge in [0.2, 0.25) is 0 Å². The zero-order chi connectivity index (χ0) is 42.1. The van der Waals surface area contributed by atoms with Crippen LogP contribution in [0.1, 0.15) is 144 Å². The predicted octanol–water partition coefficient (Wildman–Crippen LogP) is 7.82. The van der Waals surface area contributed by atoms with E-state index in [9.17, 15) is 14.4 Å². The van der Waals surface area contributed by atoms with Crippen molar-refractivity contribution in [1.82, 2.24) is 0 Å². The number of carbonyl (C=O) groups excluding carboxylic acids is 3. The summed E-state index contributed by atoms with van der Waals surface area (Å²) in [6.07, 6.45) is 3.38. The quantitative estimate of drug-likeness (QED) is 0.0533. The molecule has 0 fully saturated rings. The van der Waals surface area contributed by atoms with Crippen molar-refractivity contribution in [3.8, 4) is 0 Å². The normalized spacial score (nSPS) is 13.4. The number of hydrogen-bond donors (Lipinski definition) is 5. The van der Waals surface area contributed by atoms with Gasteiger partial charge in [-0.2, -0.15) is 0 Å². The highest BCUT2D eigenvalue weighted by molar-refractivity contribution is 5.73. The summed E-state index contributed by atoms with van der Waals surface area (Å²) in [5.74, 6) is -0.510. The van der Waals surface area contributed by atoms with Crippen LogP contribution in [-0.4, -0.2) is 96.3 Å². The molecular formula is C44H92O11. The van der Waals surface area contributed by atoms with Gasteiger partial charge >= 0.3 is 17.9 Å². The molecule has 11 nitrogen and oxygen atoms in total. The summed E-state index contributed by atoms with van der Waals surface area (Å²) in [5.41, 5.74) is 0.271. The van der Waals surface area contributed by atoms with Crippen molar-refractivity contribution in [2.75, 3.05) is 52.9 Å². The summed E-state index contributed by atoms with van der Waals surface area (Å²) < 4.78 is 15.7. The number of rotatable bonds is 22. The molecule has 11 heteroatoms. The summed E-state index contributed by atoms with van der Waals surface area (Å²) in [6.45, 7) is 30.8. The molecule has 0 amide bonds. The van der Waals surface area contributed by atoms with Crippen LogP contribution in [0.4, 0.5) is 0 Å². The molecule has 0 heterocycles. The zero-order valence-corrected chi connectivity index (χ0v) is 36.4. The average molecular weight is 797 g/mol. The van der Waals surface area contributed by atoms with E-state index >= 15 is 0 Å². The van der Waals surface area contributed by atoms with Crippen molar-refractivity contribution in [2.24, 2.45) is 70.0 Å². The maximum atomic E-state index is 12.1. The maximum Gasteiger partial charge on any atom is 0.309 e. The van der Waals surface area contributed by atoms with Crippen molar-refractivity contribution >= 4 is 17.9 Å². The molecule has 3 atom stereocenters. The van der Waals surface area contributed by atoms with Crippen LogP contribution in [0, 0.1) is 70.0 Å². The van der Waals surface area contributed by atoms with E-state index < -0.39 is 0 Å². The SMILES string of the molecule is C.C.CC(C)C(CC(C)(C)C)C(=O)OCC(CO)CO.CC(C)C(CCC(C)(C)C)C(=O)OCC(CO)CO.CCC(CO)COC(=O)C(C(C)C)C(C)C. The van der Waals surface area contributed by atoms with E-state index in [0.717, 1.165) is 25.7 Å². The summed E-state index contributed by atoms with van der Waals surface area (Å²) in [6, 6.07) is 0. The fourth-order valence-corrected chi connectivity index (χ4v) is 5.41. The lowest BCUT2D eigenvalue weighted by Gasteiger charge is -2.27. The molecule has 0 spiro atoms. The van der Waals surface area contributed by atoms with Crippen LogP contribution >= 0.6 is 0 Å². The second-order valence-electron chi connectivity index (χ2n) is 18.4. The fourth-order valence-electron chi connectivity index (χ4n) is 5.41. The Hall–Kier alpha value is -1.79. The molecule has 5 N–H and O–H groups in total. The zero-order valence-electron chi connectivity index (χ0n) is 36.4. The molecule has 0 radical (unpaired) electrons. The van der Waals surface area contributed by atoms with Gasteiger partial charge in [-0.25, -0.2) is 0 Å². The van der Waals surface area contributed by atoms with Gasteiger partial charge in [-0.05, 0) is 60.2 Å². The molecule has 0 aromatic rings. The number of hydrogen-bond acceptors (Lipinski definition) is 11. The summed E-state index contributed by atoms with van der Waals surface area (Å²) in [4.78, 5) is 35.9. The van der Waals surface area contributed by atoms with Crippen LogP contribution in [0.2, 0.25) is 0 Å². The van der Waals surface area contributed by atoms with Crippen LogP contribution in [-0.2, 0) is 28.6 Å². The molecule has 334 valence electrons. The average Bonchev–Trinajstić information content (AvgIpc) is 3.04. The monoisotopic (exact) mass is 797 g/mol. The Morgan fingerprint density at radius 3 is 1.09 bits per heavy atom. The summed E-state index contributed by atoms with van der Waals surface area (Å²) in [5, 5.41) is 44.7. The van der Waals surface area contributed by atoms with Gasteiger partial charge in [0, 0.05) is 24.4 Å². The van der Waals surface area contributed by atoms with Gasteiger partial charge in [0.15, 0.2) is 0 Å². The molecule has 0 aliphatic rings. The van der Waals surface area contributed by atoms with Crippen molar-refractivity contribution in [3.05, 3.63) is 0 Å². The van der Waals surface area contributed by atoms with E-state index in [1.54, 1.807) is 0 Å². The van der Waals surface area contributed by atoms with Crippen LogP contribution in [0.3, 0.4) is 0 Å². The number of aliphatic hydroxyl groups is 5. The second-order valence-corrected chi connectivity index (χ2v) is 18.4. The predicted molar refractivity (Wildman–Crippen MR) is 225 cm³/mol. The number of ether oxygens (including phenoxy) is 3. The first-order chi connectivity index (χ1) is 24.3. The third-order valence-corrected chi connectivity index (χ3v) is 9.21. The van der Waals surface area contributed by atoms with Crippen molar-refractivity contribution < 1.29 is 54.1 Å². The van der Waals surface area contributed by atoms with E-state index in [2.05, 4.69) is 41.5 Å². The fraction of sp³-hybridized carbons (Fsp3) is 0.932. The second kappa shape index (κ2) is 33.2. The minimum absolute atomic E-state index is 0. The highest BCUT2D eigenvalue weighted by Gasteiger charge is 2.30. The standard InChI is InChI=1S/C15H30O4.C14H28O4.C13H26O3.2CH4/c1-11(2)13(6-7-15(3,4)5)14(18)19-10-12(8-16)9-17;1-10(2)12(6-14(3,4)5)13(17)18-9-11(7-15)8-16;1-6-11(7-14)8-16-13(15)12(9(2)3)10(4)5;;/h11-13,16-17H,6-10H2,1-5H3;10-12,15-16H,6-9H2,1-5H3;9-12,14H,6-8H2,1-5H3;2*1H4. The van der Waals surface area contributed by atoms with Gasteiger partial charge in [-0.3, -0.25) is 14.4 Å². The lowest BCUT2D eigenvalue weighted by atomic mass is 9.80. The Balaban J connectivity index is -0.000000224. The molecule has 0 aliphatic heterocycles. The Morgan fingerprint density at radius 1 is 0.491 bits per heavy atom. The summed E-state index contributed by atoms with van der Waals surface area (Å²) in [7, 11) is 0. The molecule has 3 unspecified atom stereocenters. The third-order valence-electron chi connectivity index (χ3n) is 9.21. The van der Waals surface area contributed by atoms with Gasteiger partial charge in [-0.1, -0.05) is 119 Å². The summed E-state index contributed by atoms with van der Waals surface area (Å²) >= 11 is 0. The minimum Gasteiger partial charge on any atom is -0.465 e. The van der Waals surface area contributed by atoms with E-state index in [-0.39, 0.29) is 137 Å². The first kappa shape index (κ1) is 62.4. The molecular weight excluding hydrogens is 704 g/mol. The molecule has 0 saturated carbocycles. The van der Waals surface area contributed by atoms with Crippen molar-refractivity contribution in [1.29, 1.82) is 0 Å². The van der Waals surface area contributed by atoms with E-state index in [0.29, 0.717) is 18.4 Å².